The van der Waals surface area contributed by atoms with Crippen molar-refractivity contribution in [3.05, 3.63) is 48.2 Å². The fourth-order valence-corrected chi connectivity index (χ4v) is 1.51. The Labute approximate surface area is 103 Å². The van der Waals surface area contributed by atoms with Gasteiger partial charge < -0.3 is 14.5 Å². The van der Waals surface area contributed by atoms with Crippen LogP contribution in [0.2, 0.25) is 0 Å². The van der Waals surface area contributed by atoms with Crippen molar-refractivity contribution in [2.75, 3.05) is 0 Å². The standard InChI is InChI=1S/C12H12F2N2O2/c13-12(14)18-11-4-2-1-3-9(11)5-15-6-10-7-16-8-17-10/h1-4,7-8,12,15H,5-6H2. The van der Waals surface area contributed by atoms with Crippen molar-refractivity contribution >= 4 is 0 Å². The predicted molar refractivity (Wildman–Crippen MR) is 60.1 cm³/mol. The Kier molecular flexibility index (Phi) is 4.25. The Bertz CT molecular complexity index is 475. The first kappa shape index (κ1) is 12.5. The van der Waals surface area contributed by atoms with E-state index >= 15 is 0 Å². The molecule has 0 spiro atoms. The van der Waals surface area contributed by atoms with Crippen molar-refractivity contribution < 1.29 is 17.9 Å². The van der Waals surface area contributed by atoms with Gasteiger partial charge in [0.05, 0.1) is 12.7 Å². The summed E-state index contributed by atoms with van der Waals surface area (Å²) in [6.45, 7) is -1.94. The lowest BCUT2D eigenvalue weighted by Gasteiger charge is -2.10. The van der Waals surface area contributed by atoms with Crippen LogP contribution in [-0.2, 0) is 13.1 Å². The number of nitrogens with zero attached hydrogens (tertiary/aromatic N) is 1. The summed E-state index contributed by atoms with van der Waals surface area (Å²) in [5.41, 5.74) is 0.664. The number of benzene rings is 1. The molecule has 0 aliphatic heterocycles. The quantitative estimate of drug-likeness (QED) is 0.860. The second-order valence-corrected chi connectivity index (χ2v) is 3.56. The molecule has 96 valence electrons. The molecule has 0 radical (unpaired) electrons. The molecule has 1 N–H and O–H groups in total. The van der Waals surface area contributed by atoms with E-state index in [1.165, 1.54) is 12.5 Å². The molecule has 0 amide bonds. The van der Waals surface area contributed by atoms with Crippen LogP contribution in [0.1, 0.15) is 11.3 Å². The number of ether oxygens (including phenoxy) is 1. The highest BCUT2D eigenvalue weighted by molar-refractivity contribution is 5.33. The van der Waals surface area contributed by atoms with Gasteiger partial charge in [-0.05, 0) is 6.07 Å². The van der Waals surface area contributed by atoms with Gasteiger partial charge in [-0.3, -0.25) is 0 Å². The van der Waals surface area contributed by atoms with E-state index in [0.717, 1.165) is 0 Å². The minimum Gasteiger partial charge on any atom is -0.447 e. The normalized spacial score (nSPS) is 10.8. The smallest absolute Gasteiger partial charge is 0.387 e. The van der Waals surface area contributed by atoms with Gasteiger partial charge in [0.15, 0.2) is 6.39 Å². The van der Waals surface area contributed by atoms with E-state index in [-0.39, 0.29) is 5.75 Å². The van der Waals surface area contributed by atoms with E-state index in [9.17, 15) is 8.78 Å². The number of hydrogen-bond donors (Lipinski definition) is 1. The first-order chi connectivity index (χ1) is 8.75. The van der Waals surface area contributed by atoms with Gasteiger partial charge in [-0.2, -0.15) is 8.78 Å². The van der Waals surface area contributed by atoms with E-state index in [2.05, 4.69) is 15.0 Å². The summed E-state index contributed by atoms with van der Waals surface area (Å²) in [6.07, 6.45) is 2.93. The monoisotopic (exact) mass is 254 g/mol. The maximum Gasteiger partial charge on any atom is 0.387 e. The Balaban J connectivity index is 1.92. The number of halogens is 2. The number of aromatic nitrogens is 1. The average Bonchev–Trinajstić information content (AvgIpc) is 2.84. The Morgan fingerprint density at radius 2 is 2.11 bits per heavy atom. The highest BCUT2D eigenvalue weighted by atomic mass is 19.3. The lowest BCUT2D eigenvalue weighted by atomic mass is 10.2. The van der Waals surface area contributed by atoms with Gasteiger partial charge in [0.25, 0.3) is 0 Å². The van der Waals surface area contributed by atoms with Gasteiger partial charge in [0, 0.05) is 12.1 Å². The SMILES string of the molecule is FC(F)Oc1ccccc1CNCc1cnco1. The molecule has 4 nitrogen and oxygen atoms in total. The molecule has 1 heterocycles. The Morgan fingerprint density at radius 1 is 1.28 bits per heavy atom. The van der Waals surface area contributed by atoms with Gasteiger partial charge in [-0.25, -0.2) is 4.98 Å². The predicted octanol–water partition coefficient (Wildman–Crippen LogP) is 2.57. The highest BCUT2D eigenvalue weighted by Crippen LogP contribution is 2.19. The van der Waals surface area contributed by atoms with E-state index in [0.29, 0.717) is 24.4 Å². The number of rotatable bonds is 6. The van der Waals surface area contributed by atoms with E-state index in [1.807, 2.05) is 0 Å². The number of hydrogen-bond acceptors (Lipinski definition) is 4. The zero-order valence-electron chi connectivity index (χ0n) is 9.48. The Morgan fingerprint density at radius 3 is 2.83 bits per heavy atom. The first-order valence-electron chi connectivity index (χ1n) is 5.36. The van der Waals surface area contributed by atoms with E-state index in [1.54, 1.807) is 24.4 Å². The van der Waals surface area contributed by atoms with Gasteiger partial charge in [0.2, 0.25) is 0 Å². The zero-order valence-corrected chi connectivity index (χ0v) is 9.48. The largest absolute Gasteiger partial charge is 0.447 e. The second kappa shape index (κ2) is 6.11. The van der Waals surface area contributed by atoms with Crippen LogP contribution >= 0.6 is 0 Å². The first-order valence-corrected chi connectivity index (χ1v) is 5.36. The Hall–Kier alpha value is -1.95. The number of oxazole rings is 1. The van der Waals surface area contributed by atoms with Crippen molar-refractivity contribution in [2.24, 2.45) is 0 Å². The second-order valence-electron chi connectivity index (χ2n) is 3.56. The van der Waals surface area contributed by atoms with Crippen LogP contribution in [0.15, 0.2) is 41.3 Å². The van der Waals surface area contributed by atoms with Crippen LogP contribution in [0, 0.1) is 0 Å². The zero-order chi connectivity index (χ0) is 12.8. The molecule has 0 aliphatic rings. The number of alkyl halides is 2. The van der Waals surface area contributed by atoms with Crippen LogP contribution in [0.5, 0.6) is 5.75 Å². The summed E-state index contributed by atoms with van der Waals surface area (Å²) >= 11 is 0. The summed E-state index contributed by atoms with van der Waals surface area (Å²) in [5.74, 6) is 0.861. The fraction of sp³-hybridized carbons (Fsp3) is 0.250. The lowest BCUT2D eigenvalue weighted by Crippen LogP contribution is -2.14. The summed E-state index contributed by atoms with van der Waals surface area (Å²) in [6, 6.07) is 6.66. The summed E-state index contributed by atoms with van der Waals surface area (Å²) in [5, 5.41) is 3.06. The van der Waals surface area contributed by atoms with Crippen molar-refractivity contribution in [2.45, 2.75) is 19.7 Å². The third-order valence-corrected chi connectivity index (χ3v) is 2.29. The molecule has 0 saturated carbocycles. The summed E-state index contributed by atoms with van der Waals surface area (Å²) in [4.78, 5) is 3.77. The third-order valence-electron chi connectivity index (χ3n) is 2.29. The van der Waals surface area contributed by atoms with Crippen LogP contribution in [0.3, 0.4) is 0 Å². The topological polar surface area (TPSA) is 47.3 Å². The molecule has 0 atom stereocenters. The van der Waals surface area contributed by atoms with Gasteiger partial charge in [0.1, 0.15) is 11.5 Å². The summed E-state index contributed by atoms with van der Waals surface area (Å²) < 4.78 is 33.8. The van der Waals surface area contributed by atoms with Crippen LogP contribution in [0.25, 0.3) is 0 Å². The molecular weight excluding hydrogens is 242 g/mol. The molecule has 2 rings (SSSR count). The molecule has 18 heavy (non-hydrogen) atoms. The minimum absolute atomic E-state index is 0.178. The molecule has 0 aliphatic carbocycles. The molecule has 0 saturated heterocycles. The number of para-hydroxylation sites is 1. The average molecular weight is 254 g/mol. The maximum atomic E-state index is 12.2. The van der Waals surface area contributed by atoms with Crippen molar-refractivity contribution in [1.29, 1.82) is 0 Å². The van der Waals surface area contributed by atoms with E-state index in [4.69, 9.17) is 4.42 Å². The van der Waals surface area contributed by atoms with Crippen LogP contribution in [0.4, 0.5) is 8.78 Å². The molecule has 0 fully saturated rings. The number of nitrogens with one attached hydrogen (secondary N) is 1. The highest BCUT2D eigenvalue weighted by Gasteiger charge is 2.08. The van der Waals surface area contributed by atoms with Crippen molar-refractivity contribution in [1.82, 2.24) is 10.3 Å². The molecule has 1 aromatic heterocycles. The van der Waals surface area contributed by atoms with Gasteiger partial charge in [-0.15, -0.1) is 0 Å². The minimum atomic E-state index is -2.82. The van der Waals surface area contributed by atoms with Gasteiger partial charge >= 0.3 is 6.61 Å². The van der Waals surface area contributed by atoms with Gasteiger partial charge in [-0.1, -0.05) is 18.2 Å². The third kappa shape index (κ3) is 3.53. The molecular formula is C12H12F2N2O2. The van der Waals surface area contributed by atoms with Crippen molar-refractivity contribution in [3.8, 4) is 5.75 Å². The van der Waals surface area contributed by atoms with Crippen LogP contribution in [-0.4, -0.2) is 11.6 Å². The maximum absolute atomic E-state index is 12.2. The molecule has 0 unspecified atom stereocenters. The molecule has 6 heteroatoms. The lowest BCUT2D eigenvalue weighted by molar-refractivity contribution is -0.0505. The summed E-state index contributed by atoms with van der Waals surface area (Å²) in [7, 11) is 0. The molecule has 1 aromatic carbocycles. The molecule has 2 aromatic rings. The van der Waals surface area contributed by atoms with Crippen molar-refractivity contribution in [3.63, 3.8) is 0 Å². The van der Waals surface area contributed by atoms with Crippen LogP contribution < -0.4 is 10.1 Å². The fourth-order valence-electron chi connectivity index (χ4n) is 1.51. The molecule has 0 bridgehead atoms. The van der Waals surface area contributed by atoms with E-state index < -0.39 is 6.61 Å².